The van der Waals surface area contributed by atoms with E-state index in [4.69, 9.17) is 14.6 Å². The molecule has 0 bridgehead atoms. The van der Waals surface area contributed by atoms with Crippen molar-refractivity contribution in [3.8, 4) is 17.2 Å². The number of nitrogens with one attached hydrogen (secondary N) is 1. The molecule has 5 aromatic rings. The van der Waals surface area contributed by atoms with Crippen molar-refractivity contribution in [3.05, 3.63) is 117 Å². The maximum absolute atomic E-state index is 14.0. The Bertz CT molecular complexity index is 1900. The van der Waals surface area contributed by atoms with Crippen molar-refractivity contribution in [1.82, 2.24) is 25.1 Å². The summed E-state index contributed by atoms with van der Waals surface area (Å²) in [7, 11) is 3.26. The van der Waals surface area contributed by atoms with Crippen LogP contribution in [0.2, 0.25) is 0 Å². The lowest BCUT2D eigenvalue weighted by molar-refractivity contribution is -0.130. The van der Waals surface area contributed by atoms with Gasteiger partial charge in [0.05, 0.1) is 48.8 Å². The maximum atomic E-state index is 14.0. The number of hydrogen-bond acceptors (Lipinski definition) is 9. The molecule has 240 valence electrons. The minimum absolute atomic E-state index is 0.0800. The van der Waals surface area contributed by atoms with E-state index >= 15 is 0 Å². The van der Waals surface area contributed by atoms with Gasteiger partial charge in [0.15, 0.2) is 11.0 Å². The van der Waals surface area contributed by atoms with Gasteiger partial charge in [-0.2, -0.15) is 5.10 Å². The molecule has 6 rings (SSSR count). The third kappa shape index (κ3) is 7.08. The van der Waals surface area contributed by atoms with Gasteiger partial charge in [-0.15, -0.1) is 21.5 Å². The fourth-order valence-corrected chi connectivity index (χ4v) is 6.80. The van der Waals surface area contributed by atoms with Gasteiger partial charge in [-0.25, -0.2) is 5.01 Å². The van der Waals surface area contributed by atoms with Gasteiger partial charge in [-0.3, -0.25) is 14.2 Å². The van der Waals surface area contributed by atoms with E-state index in [1.165, 1.54) is 23.1 Å². The second kappa shape index (κ2) is 14.2. The lowest BCUT2D eigenvalue weighted by Gasteiger charge is -2.22. The van der Waals surface area contributed by atoms with Crippen molar-refractivity contribution in [2.75, 3.05) is 20.0 Å². The van der Waals surface area contributed by atoms with Gasteiger partial charge in [0.2, 0.25) is 0 Å². The van der Waals surface area contributed by atoms with E-state index < -0.39 is 0 Å². The van der Waals surface area contributed by atoms with E-state index in [0.29, 0.717) is 22.3 Å². The smallest absolute Gasteiger partial charge is 0.261 e. The summed E-state index contributed by atoms with van der Waals surface area (Å²) in [5.74, 6) is 1.80. The predicted octanol–water partition coefficient (Wildman–Crippen LogP) is 6.36. The summed E-state index contributed by atoms with van der Waals surface area (Å²) in [5.41, 5.74) is 5.67. The van der Waals surface area contributed by atoms with Crippen molar-refractivity contribution in [1.29, 1.82) is 0 Å². The fourth-order valence-electron chi connectivity index (χ4n) is 5.34. The summed E-state index contributed by atoms with van der Waals surface area (Å²) in [6.07, 6.45) is 0.557. The van der Waals surface area contributed by atoms with Crippen LogP contribution in [0.25, 0.3) is 5.69 Å². The molecule has 3 heterocycles. The zero-order chi connectivity index (χ0) is 32.9. The predicted molar refractivity (Wildman–Crippen MR) is 184 cm³/mol. The van der Waals surface area contributed by atoms with Crippen molar-refractivity contribution in [2.24, 2.45) is 5.10 Å². The number of nitrogens with zero attached hydrogens (tertiary/aromatic N) is 5. The van der Waals surface area contributed by atoms with E-state index in [0.717, 1.165) is 45.2 Å². The molecule has 0 aliphatic carbocycles. The normalized spacial score (nSPS) is 14.2. The van der Waals surface area contributed by atoms with Gasteiger partial charge >= 0.3 is 0 Å². The monoisotopic (exact) mass is 666 g/mol. The van der Waals surface area contributed by atoms with Gasteiger partial charge in [-0.1, -0.05) is 42.1 Å². The van der Waals surface area contributed by atoms with Crippen LogP contribution in [0.15, 0.2) is 94.5 Å². The second-order valence-electron chi connectivity index (χ2n) is 11.0. The lowest BCUT2D eigenvalue weighted by atomic mass is 9.98. The Morgan fingerprint density at radius 2 is 1.68 bits per heavy atom. The van der Waals surface area contributed by atoms with Gasteiger partial charge < -0.3 is 14.8 Å². The topological polar surface area (TPSA) is 111 Å². The van der Waals surface area contributed by atoms with Gasteiger partial charge in [0.1, 0.15) is 11.5 Å². The molecule has 2 aromatic heterocycles. The first kappa shape index (κ1) is 32.0. The Morgan fingerprint density at radius 3 is 2.36 bits per heavy atom. The second-order valence-corrected chi connectivity index (χ2v) is 12.9. The van der Waals surface area contributed by atoms with Crippen LogP contribution in [-0.2, 0) is 11.3 Å². The maximum Gasteiger partial charge on any atom is 0.261 e. The summed E-state index contributed by atoms with van der Waals surface area (Å²) in [6.45, 7) is 4.21. The van der Waals surface area contributed by atoms with Crippen LogP contribution < -0.4 is 14.8 Å². The standard InChI is InChI=1S/C35H34N6O4S2/c1-22-7-8-23(2)29(18-22)40-32(20-36-34(43)31-6-5-17-46-31)37-38-35(40)47-21-33(42)41-30(25-11-15-27(45-4)16-12-25)19-28(39-41)24-9-13-26(44-3)14-10-24/h5-18,30H,19-21H2,1-4H3,(H,36,43). The Hall–Kier alpha value is -4.94. The van der Waals surface area contributed by atoms with Crippen LogP contribution >= 0.6 is 23.1 Å². The number of hydrazone groups is 1. The first-order valence-electron chi connectivity index (χ1n) is 15.0. The zero-order valence-electron chi connectivity index (χ0n) is 26.5. The van der Waals surface area contributed by atoms with Crippen molar-refractivity contribution in [3.63, 3.8) is 0 Å². The number of ether oxygens (including phenoxy) is 2. The number of rotatable bonds is 11. The van der Waals surface area contributed by atoms with Gasteiger partial charge in [-0.05, 0) is 90.0 Å². The molecule has 2 amide bonds. The summed E-state index contributed by atoms with van der Waals surface area (Å²) in [6, 6.07) is 24.9. The van der Waals surface area contributed by atoms with Crippen LogP contribution in [0, 0.1) is 13.8 Å². The molecule has 1 unspecified atom stereocenters. The molecule has 1 N–H and O–H groups in total. The van der Waals surface area contributed by atoms with E-state index in [-0.39, 0.29) is 30.2 Å². The van der Waals surface area contributed by atoms with Gasteiger partial charge in [0, 0.05) is 6.42 Å². The number of methoxy groups -OCH3 is 2. The Morgan fingerprint density at radius 1 is 0.957 bits per heavy atom. The Balaban J connectivity index is 1.27. The SMILES string of the molecule is COc1ccc(C2=NN(C(=O)CSc3nnc(CNC(=O)c4cccs4)n3-c3cc(C)ccc3C)C(c3ccc(OC)cc3)C2)cc1. The number of aryl methyl sites for hydroxylation is 2. The average molecular weight is 667 g/mol. The first-order valence-corrected chi connectivity index (χ1v) is 16.9. The molecular formula is C35H34N6O4S2. The van der Waals surface area contributed by atoms with E-state index in [2.05, 4.69) is 21.6 Å². The molecule has 0 saturated heterocycles. The van der Waals surface area contributed by atoms with Crippen molar-refractivity contribution in [2.45, 2.75) is 38.0 Å². The van der Waals surface area contributed by atoms with Crippen LogP contribution in [0.5, 0.6) is 11.5 Å². The highest BCUT2D eigenvalue weighted by molar-refractivity contribution is 7.99. The molecule has 0 fully saturated rings. The number of amides is 2. The number of carbonyl (C=O) groups excluding carboxylic acids is 2. The average Bonchev–Trinajstić information content (AvgIpc) is 3.88. The highest BCUT2D eigenvalue weighted by Gasteiger charge is 2.33. The molecule has 47 heavy (non-hydrogen) atoms. The number of hydrogen-bond donors (Lipinski definition) is 1. The number of benzene rings is 3. The molecule has 1 atom stereocenters. The van der Waals surface area contributed by atoms with Crippen LogP contribution in [0.4, 0.5) is 0 Å². The number of thioether (sulfide) groups is 1. The third-order valence-electron chi connectivity index (χ3n) is 7.87. The third-order valence-corrected chi connectivity index (χ3v) is 9.65. The van der Waals surface area contributed by atoms with Gasteiger partial charge in [0.25, 0.3) is 11.8 Å². The Kier molecular flexibility index (Phi) is 9.69. The summed E-state index contributed by atoms with van der Waals surface area (Å²) in [5, 5.41) is 20.7. The molecule has 1 aliphatic rings. The van der Waals surface area contributed by atoms with E-state index in [9.17, 15) is 9.59 Å². The quantitative estimate of drug-likeness (QED) is 0.163. The zero-order valence-corrected chi connectivity index (χ0v) is 28.1. The molecule has 0 saturated carbocycles. The molecule has 12 heteroatoms. The molecule has 1 aliphatic heterocycles. The first-order chi connectivity index (χ1) is 22.8. The Labute approximate surface area is 281 Å². The van der Waals surface area contributed by atoms with E-state index in [1.807, 2.05) is 90.5 Å². The van der Waals surface area contributed by atoms with Crippen LogP contribution in [0.1, 0.15) is 50.2 Å². The molecule has 10 nitrogen and oxygen atoms in total. The lowest BCUT2D eigenvalue weighted by Crippen LogP contribution is -2.28. The minimum atomic E-state index is -0.286. The highest BCUT2D eigenvalue weighted by atomic mass is 32.2. The van der Waals surface area contributed by atoms with E-state index in [1.54, 1.807) is 25.3 Å². The number of aromatic nitrogens is 3. The molecule has 0 spiro atoms. The highest BCUT2D eigenvalue weighted by Crippen LogP contribution is 2.35. The summed E-state index contributed by atoms with van der Waals surface area (Å²) >= 11 is 2.67. The fraction of sp³-hybridized carbons (Fsp3) is 0.229. The van der Waals surface area contributed by atoms with Crippen LogP contribution in [-0.4, -0.2) is 57.3 Å². The largest absolute Gasteiger partial charge is 0.497 e. The van der Waals surface area contributed by atoms with Crippen molar-refractivity contribution >= 4 is 40.6 Å². The molecular weight excluding hydrogens is 633 g/mol. The number of thiophene rings is 1. The van der Waals surface area contributed by atoms with Crippen LogP contribution in [0.3, 0.4) is 0 Å². The summed E-state index contributed by atoms with van der Waals surface area (Å²) in [4.78, 5) is 27.3. The number of carbonyl (C=O) groups is 2. The molecule has 3 aromatic carbocycles. The summed E-state index contributed by atoms with van der Waals surface area (Å²) < 4.78 is 12.6. The minimum Gasteiger partial charge on any atom is -0.497 e. The van der Waals surface area contributed by atoms with Crippen molar-refractivity contribution < 1.29 is 19.1 Å². The molecule has 0 radical (unpaired) electrons.